The van der Waals surface area contributed by atoms with Crippen molar-refractivity contribution in [3.63, 3.8) is 0 Å². The fourth-order valence-corrected chi connectivity index (χ4v) is 5.20. The van der Waals surface area contributed by atoms with Crippen molar-refractivity contribution in [3.05, 3.63) is 102 Å². The van der Waals surface area contributed by atoms with E-state index < -0.39 is 112 Å². The minimum atomic E-state index is -4.79. The van der Waals surface area contributed by atoms with Crippen molar-refractivity contribution >= 4 is 77.4 Å². The zero-order valence-electron chi connectivity index (χ0n) is 45.1. The lowest BCUT2D eigenvalue weighted by Gasteiger charge is -2.00. The highest BCUT2D eigenvalue weighted by atomic mass is 32.2. The number of rotatable bonds is 15. The Morgan fingerprint density at radius 2 is 0.879 bits per heavy atom. The van der Waals surface area contributed by atoms with Gasteiger partial charge in [0.1, 0.15) is 5.69 Å². The van der Waals surface area contributed by atoms with Gasteiger partial charge in [-0.1, -0.05) is 13.8 Å². The molecule has 9 aromatic heterocycles. The monoisotopic (exact) mass is 1320 g/mol. The molecule has 9 aromatic rings. The fraction of sp³-hybridized carbons (Fsp3) is 0.216. The molecule has 91 heavy (non-hydrogen) atoms. The van der Waals surface area contributed by atoms with Crippen molar-refractivity contribution in [3.8, 4) is 0 Å². The van der Waals surface area contributed by atoms with Gasteiger partial charge in [-0.2, -0.15) is 90.6 Å². The summed E-state index contributed by atoms with van der Waals surface area (Å²) >= 11 is 1.24. The van der Waals surface area contributed by atoms with E-state index in [-0.39, 0.29) is 46.5 Å². The van der Waals surface area contributed by atoms with E-state index in [1.807, 2.05) is 34.6 Å². The van der Waals surface area contributed by atoms with Crippen LogP contribution in [0.2, 0.25) is 0 Å². The van der Waals surface area contributed by atoms with Crippen molar-refractivity contribution < 1.29 is 122 Å². The van der Waals surface area contributed by atoms with Crippen LogP contribution < -0.4 is 5.56 Å². The fourth-order valence-electron chi connectivity index (χ4n) is 4.75. The number of aromatic amines is 10. The van der Waals surface area contributed by atoms with E-state index >= 15 is 0 Å². The first kappa shape index (κ1) is 75.4. The van der Waals surface area contributed by atoms with Crippen molar-refractivity contribution in [2.75, 3.05) is 6.26 Å². The number of aromatic carboxylic acids is 9. The Morgan fingerprint density at radius 1 is 0.451 bits per heavy atom. The molecule has 0 aliphatic heterocycles. The summed E-state index contributed by atoms with van der Waals surface area (Å²) in [5, 5.41) is 169. The number of aromatic nitrogens is 27. The Balaban J connectivity index is 0.000000513. The summed E-state index contributed by atoms with van der Waals surface area (Å²) < 4.78 is 35.6. The smallest absolute Gasteiger partial charge is 0.437 e. The standard InChI is InChI=1S/C6H9N3O2.C5H5N3O4.C4H2F3N3O2.C4H3N3O4.C4H5N3O2S.2C4H5N3O2.C3H3N3O3.C3H3N3O2/c1-3(2)4-5(6(10)11)8-9-7-4;9-3(10)1-2-4(5(11)12)7-8-6-2;5-4(6,7)2-1(3(11)12)8-10-9-2;8-3(9)1-2(4(10)11)6-7-5-1;1-10-3-2(4(8)9)5-7-6-3;8-4(9)1-3-2-5-7-6-3;1-2-3(4(8)9)6-7-5-2;7-2-1(3(8)9)4-6-5-2;7-3(8)2-1-4-6-5-2/h3H,1-2H3,(H,10,11)(H,7,8,9);1H2,(H,9,10)(H,11,12)(H,6,7,8);(H,11,12)(H,8,9,10);(H,8,9)(H,10,11)(H,5,6,7);1H3,(H,8,9)(H,5,6,7);2H,1H2,(H,8,9)(H,5,6,7);1H3,(H,8,9)(H,5,6,7);(H,8,9)(H2,4,5,6,7);1H,(H,7,8)(H,4,5,6). The van der Waals surface area contributed by atoms with Crippen LogP contribution in [0.5, 0.6) is 0 Å². The number of hydrogen-bond acceptors (Lipinski definition) is 30. The molecule has 9 heterocycles. The Bertz CT molecular complexity index is 3870. The van der Waals surface area contributed by atoms with E-state index in [4.69, 9.17) is 56.2 Å². The normalized spacial score (nSPS) is 9.85. The van der Waals surface area contributed by atoms with Crippen LogP contribution in [0.1, 0.15) is 143 Å². The topological polar surface area (TPSA) is 804 Å². The maximum atomic E-state index is 11.9. The molecule has 0 saturated carbocycles. The van der Waals surface area contributed by atoms with Crippen molar-refractivity contribution in [1.82, 2.24) is 139 Å². The number of carboxylic acid groups (broad SMARTS) is 11. The summed E-state index contributed by atoms with van der Waals surface area (Å²) in [7, 11) is 0. The van der Waals surface area contributed by atoms with E-state index in [2.05, 4.69) is 113 Å². The van der Waals surface area contributed by atoms with E-state index in [9.17, 15) is 70.7 Å². The first-order chi connectivity index (χ1) is 42.6. The second kappa shape index (κ2) is 36.9. The van der Waals surface area contributed by atoms with E-state index in [0.717, 1.165) is 6.20 Å². The molecule has 0 aliphatic carbocycles. The highest BCUT2D eigenvalue weighted by Gasteiger charge is 2.39. The van der Waals surface area contributed by atoms with Gasteiger partial charge < -0.3 is 56.2 Å². The number of alkyl halides is 3. The van der Waals surface area contributed by atoms with Gasteiger partial charge in [-0.05, 0) is 19.1 Å². The molecule has 488 valence electrons. The Labute approximate surface area is 496 Å². The molecular formula is C37H40F3N27O23S. The third-order valence-electron chi connectivity index (χ3n) is 8.46. The molecule has 0 spiro atoms. The predicted octanol–water partition coefficient (Wildman–Crippen LogP) is -2.75. The largest absolute Gasteiger partial charge is 0.481 e. The summed E-state index contributed by atoms with van der Waals surface area (Å²) in [6.45, 7) is 5.31. The zero-order chi connectivity index (χ0) is 69.3. The molecule has 0 atom stereocenters. The van der Waals surface area contributed by atoms with Gasteiger partial charge in [0.05, 0.1) is 42.3 Å². The molecule has 0 amide bonds. The van der Waals surface area contributed by atoms with Gasteiger partial charge in [0, 0.05) is 0 Å². The number of nitrogens with zero attached hydrogens (tertiary/aromatic N) is 17. The number of thioether (sulfide) groups is 1. The average molecular weight is 1320 g/mol. The second-order valence-corrected chi connectivity index (χ2v) is 15.8. The number of halogens is 3. The van der Waals surface area contributed by atoms with Crippen LogP contribution in [0.3, 0.4) is 0 Å². The summed E-state index contributed by atoms with van der Waals surface area (Å²) in [5.41, 5.74) is -4.22. The summed E-state index contributed by atoms with van der Waals surface area (Å²) in [6, 6.07) is 0. The van der Waals surface area contributed by atoms with E-state index in [0.29, 0.717) is 22.1 Å². The van der Waals surface area contributed by atoms with Gasteiger partial charge in [0.2, 0.25) is 34.2 Å². The van der Waals surface area contributed by atoms with Gasteiger partial charge >= 0.3 is 71.8 Å². The molecule has 0 aliphatic rings. The minimum absolute atomic E-state index is 0.0139. The van der Waals surface area contributed by atoms with Crippen LogP contribution in [-0.4, -0.2) is 267 Å². The van der Waals surface area contributed by atoms with Crippen LogP contribution in [0.4, 0.5) is 13.2 Å². The van der Waals surface area contributed by atoms with Crippen LogP contribution in [0.25, 0.3) is 0 Å². The molecule has 0 unspecified atom stereocenters. The molecule has 0 fully saturated rings. The zero-order valence-corrected chi connectivity index (χ0v) is 45.9. The Morgan fingerprint density at radius 3 is 1.22 bits per heavy atom. The number of H-pyrrole nitrogens is 10. The Hall–Kier alpha value is -13.6. The molecule has 21 N–H and O–H groups in total. The van der Waals surface area contributed by atoms with Crippen molar-refractivity contribution in [1.29, 1.82) is 0 Å². The molecule has 54 heteroatoms. The number of hydrogen-bond donors (Lipinski definition) is 21. The second-order valence-electron chi connectivity index (χ2n) is 15.0. The molecule has 0 aromatic carbocycles. The summed E-state index contributed by atoms with van der Waals surface area (Å²) in [5.74, 6) is -13.4. The van der Waals surface area contributed by atoms with Crippen LogP contribution in [0, 0.1) is 6.92 Å². The minimum Gasteiger partial charge on any atom is -0.481 e. The number of aryl methyl sites for hydroxylation is 1. The molecule has 9 rings (SSSR count). The lowest BCUT2D eigenvalue weighted by molar-refractivity contribution is -0.142. The quantitative estimate of drug-likeness (QED) is 0.0463. The third-order valence-corrected chi connectivity index (χ3v) is 9.13. The highest BCUT2D eigenvalue weighted by Crippen LogP contribution is 2.29. The average Bonchev–Trinajstić information content (AvgIpc) is 1.81. The molecular weight excluding hydrogens is 1280 g/mol. The highest BCUT2D eigenvalue weighted by molar-refractivity contribution is 7.98. The van der Waals surface area contributed by atoms with Gasteiger partial charge in [0.15, 0.2) is 27.8 Å². The number of nitrogens with one attached hydrogen (secondary N) is 10. The van der Waals surface area contributed by atoms with Gasteiger partial charge in [-0.15, -0.1) is 62.7 Å². The molecule has 0 radical (unpaired) electrons. The molecule has 0 bridgehead atoms. The lowest BCUT2D eigenvalue weighted by Crippen LogP contribution is -2.12. The maximum Gasteiger partial charge on any atom is 0.437 e. The van der Waals surface area contributed by atoms with Crippen LogP contribution in [0.15, 0.2) is 22.2 Å². The van der Waals surface area contributed by atoms with Crippen molar-refractivity contribution in [2.45, 2.75) is 50.7 Å². The van der Waals surface area contributed by atoms with Crippen LogP contribution in [-0.2, 0) is 28.6 Å². The number of carboxylic acids is 11. The van der Waals surface area contributed by atoms with Gasteiger partial charge in [-0.3, -0.25) is 14.4 Å². The Kier molecular flexibility index (Phi) is 30.6. The van der Waals surface area contributed by atoms with Gasteiger partial charge in [0.25, 0.3) is 5.56 Å². The summed E-state index contributed by atoms with van der Waals surface area (Å²) in [6.07, 6.45) is -1.05. The maximum absolute atomic E-state index is 11.9. The van der Waals surface area contributed by atoms with Crippen molar-refractivity contribution in [2.24, 2.45) is 0 Å². The summed E-state index contributed by atoms with van der Waals surface area (Å²) in [4.78, 5) is 122. The van der Waals surface area contributed by atoms with Crippen LogP contribution >= 0.6 is 11.8 Å². The lowest BCUT2D eigenvalue weighted by atomic mass is 10.1. The third kappa shape index (κ3) is 26.5. The van der Waals surface area contributed by atoms with E-state index in [1.54, 1.807) is 18.4 Å². The number of aliphatic carboxylic acids is 2. The van der Waals surface area contributed by atoms with Gasteiger partial charge in [-0.25, -0.2) is 53.5 Å². The first-order valence-electron chi connectivity index (χ1n) is 22.4. The molecule has 0 saturated heterocycles. The first-order valence-corrected chi connectivity index (χ1v) is 23.7. The predicted molar refractivity (Wildman–Crippen MR) is 271 cm³/mol. The van der Waals surface area contributed by atoms with E-state index in [1.165, 1.54) is 18.0 Å². The SMILES string of the molecule is CC(C)c1n[nH]nc1C(=O)O.CSc1n[nH]nc1C(=O)O.Cc1n[nH]nc1C(=O)O.O=C(O)Cc1cn[nH]n1.O=C(O)Cc1n[nH]nc1C(=O)O.O=C(O)c1cn[nH]n1.O=C(O)c1n[nH][nH]c1=O.O=C(O)c1n[nH]nc1C(=O)O.O=C(O)c1n[nH]nc1C(F)(F)F. The number of carbonyl (C=O) groups is 11. The molecule has 50 nitrogen and oxygen atoms in total.